The van der Waals surface area contributed by atoms with Gasteiger partial charge in [0.25, 0.3) is 0 Å². The first kappa shape index (κ1) is 18.6. The van der Waals surface area contributed by atoms with Gasteiger partial charge in [0.15, 0.2) is 11.8 Å². The van der Waals surface area contributed by atoms with Crippen LogP contribution in [0.3, 0.4) is 0 Å². The maximum atomic E-state index is 4.76. The molecular formula is C16H27N9S. The van der Waals surface area contributed by atoms with Gasteiger partial charge in [-0.2, -0.15) is 4.37 Å². The molecule has 0 aliphatic carbocycles. The summed E-state index contributed by atoms with van der Waals surface area (Å²) < 4.78 is 6.37. The minimum atomic E-state index is 0.524. The Morgan fingerprint density at radius 3 is 2.54 bits per heavy atom. The van der Waals surface area contributed by atoms with E-state index in [-0.39, 0.29) is 0 Å². The van der Waals surface area contributed by atoms with Crippen LogP contribution in [0.2, 0.25) is 0 Å². The predicted molar refractivity (Wildman–Crippen MR) is 104 cm³/mol. The summed E-state index contributed by atoms with van der Waals surface area (Å²) in [4.78, 5) is 14.0. The number of nitrogens with one attached hydrogen (secondary N) is 1. The molecule has 0 bridgehead atoms. The first-order valence-electron chi connectivity index (χ1n) is 9.08. The summed E-state index contributed by atoms with van der Waals surface area (Å²) in [5.41, 5.74) is 0. The molecular weight excluding hydrogens is 350 g/mol. The molecule has 1 saturated heterocycles. The molecule has 1 aliphatic heterocycles. The van der Waals surface area contributed by atoms with Crippen molar-refractivity contribution in [1.29, 1.82) is 0 Å². The van der Waals surface area contributed by atoms with Crippen LogP contribution in [0, 0.1) is 6.92 Å². The normalized spacial score (nSPS) is 15.6. The molecule has 2 aromatic heterocycles. The topological polar surface area (TPSA) is 87.4 Å². The van der Waals surface area contributed by atoms with Crippen molar-refractivity contribution in [3.05, 3.63) is 17.5 Å². The van der Waals surface area contributed by atoms with Gasteiger partial charge in [0.05, 0.1) is 0 Å². The zero-order valence-electron chi connectivity index (χ0n) is 15.9. The summed E-state index contributed by atoms with van der Waals surface area (Å²) >= 11 is 1.49. The lowest BCUT2D eigenvalue weighted by Crippen LogP contribution is -2.52. The smallest absolute Gasteiger partial charge is 0.205 e. The van der Waals surface area contributed by atoms with E-state index in [4.69, 9.17) is 4.99 Å². The molecule has 0 radical (unpaired) electrons. The number of aliphatic imine (C=N–C) groups is 1. The van der Waals surface area contributed by atoms with Crippen molar-refractivity contribution in [2.75, 3.05) is 37.6 Å². The van der Waals surface area contributed by atoms with E-state index >= 15 is 0 Å². The second-order valence-corrected chi connectivity index (χ2v) is 6.94. The number of nitrogens with zero attached hydrogens (tertiary/aromatic N) is 8. The maximum absolute atomic E-state index is 4.76. The molecule has 0 saturated carbocycles. The first-order chi connectivity index (χ1) is 12.6. The van der Waals surface area contributed by atoms with E-state index in [1.165, 1.54) is 11.5 Å². The Morgan fingerprint density at radius 2 is 1.96 bits per heavy atom. The number of aryl methyl sites for hydroxylation is 2. The quantitative estimate of drug-likeness (QED) is 0.610. The zero-order chi connectivity index (χ0) is 18.5. The van der Waals surface area contributed by atoms with Gasteiger partial charge in [-0.25, -0.2) is 9.98 Å². The molecule has 26 heavy (non-hydrogen) atoms. The first-order valence-corrected chi connectivity index (χ1v) is 9.85. The third-order valence-corrected chi connectivity index (χ3v) is 5.33. The minimum Gasteiger partial charge on any atom is -0.357 e. The van der Waals surface area contributed by atoms with Gasteiger partial charge in [-0.3, -0.25) is 0 Å². The van der Waals surface area contributed by atoms with Crippen molar-refractivity contribution in [2.45, 2.75) is 33.7 Å². The fourth-order valence-corrected chi connectivity index (χ4v) is 3.59. The van der Waals surface area contributed by atoms with Crippen molar-refractivity contribution in [2.24, 2.45) is 12.0 Å². The fourth-order valence-electron chi connectivity index (χ4n) is 2.79. The van der Waals surface area contributed by atoms with Crippen molar-refractivity contribution < 1.29 is 0 Å². The molecule has 142 valence electrons. The van der Waals surface area contributed by atoms with Crippen molar-refractivity contribution in [1.82, 2.24) is 34.3 Å². The van der Waals surface area contributed by atoms with Gasteiger partial charge >= 0.3 is 0 Å². The third-order valence-electron chi connectivity index (χ3n) is 4.51. The van der Waals surface area contributed by atoms with E-state index in [9.17, 15) is 0 Å². The standard InChI is InChI=1S/C16H27N9S/c1-5-13-19-16(26-22-13)25-9-7-24(8-10-25)15(17-6-2)18-11-14-21-20-12(3)23(14)4/h5-11H2,1-4H3,(H,17,18). The van der Waals surface area contributed by atoms with E-state index in [0.717, 1.165) is 67.7 Å². The van der Waals surface area contributed by atoms with E-state index < -0.39 is 0 Å². The summed E-state index contributed by atoms with van der Waals surface area (Å²) in [6.45, 7) is 11.1. The Bertz CT molecular complexity index is 743. The van der Waals surface area contributed by atoms with Crippen molar-refractivity contribution in [3.8, 4) is 0 Å². The Balaban J connectivity index is 1.62. The molecule has 2 aromatic rings. The van der Waals surface area contributed by atoms with E-state index in [1.807, 2.05) is 18.5 Å². The summed E-state index contributed by atoms with van der Waals surface area (Å²) in [5, 5.41) is 12.7. The van der Waals surface area contributed by atoms with E-state index in [0.29, 0.717) is 6.54 Å². The second-order valence-electron chi connectivity index (χ2n) is 6.21. The largest absolute Gasteiger partial charge is 0.357 e. The highest BCUT2D eigenvalue weighted by Crippen LogP contribution is 2.19. The zero-order valence-corrected chi connectivity index (χ0v) is 16.8. The Kier molecular flexibility index (Phi) is 6.02. The second kappa shape index (κ2) is 8.43. The summed E-state index contributed by atoms with van der Waals surface area (Å²) in [7, 11) is 1.97. The van der Waals surface area contributed by atoms with Gasteiger partial charge in [0.2, 0.25) is 5.13 Å². The SMILES string of the molecule is CCNC(=NCc1nnc(C)n1C)N1CCN(c2nc(CC)ns2)CC1. The summed E-state index contributed by atoms with van der Waals surface area (Å²) in [5.74, 6) is 3.63. The average Bonchev–Trinajstić information content (AvgIpc) is 3.27. The Hall–Kier alpha value is -2.23. The predicted octanol–water partition coefficient (Wildman–Crippen LogP) is 0.825. The van der Waals surface area contributed by atoms with E-state index in [1.54, 1.807) is 0 Å². The number of guanidine groups is 1. The molecule has 1 aliphatic rings. The van der Waals surface area contributed by atoms with Crippen LogP contribution in [0.1, 0.15) is 31.3 Å². The molecule has 0 unspecified atom stereocenters. The maximum Gasteiger partial charge on any atom is 0.205 e. The van der Waals surface area contributed by atoms with Gasteiger partial charge in [0, 0.05) is 57.7 Å². The molecule has 0 atom stereocenters. The average molecular weight is 378 g/mol. The molecule has 1 fully saturated rings. The number of anilines is 1. The lowest BCUT2D eigenvalue weighted by molar-refractivity contribution is 0.372. The molecule has 0 aromatic carbocycles. The Labute approximate surface area is 158 Å². The number of hydrogen-bond acceptors (Lipinski definition) is 7. The number of rotatable bonds is 5. The summed E-state index contributed by atoms with van der Waals surface area (Å²) in [6.07, 6.45) is 0.884. The Morgan fingerprint density at radius 1 is 1.19 bits per heavy atom. The van der Waals surface area contributed by atoms with Crippen LogP contribution in [-0.2, 0) is 20.0 Å². The third kappa shape index (κ3) is 4.12. The van der Waals surface area contributed by atoms with Crippen LogP contribution in [0.4, 0.5) is 5.13 Å². The number of piperazine rings is 1. The number of aromatic nitrogens is 5. The molecule has 3 rings (SSSR count). The van der Waals surface area contributed by atoms with Crippen LogP contribution in [0.15, 0.2) is 4.99 Å². The molecule has 3 heterocycles. The van der Waals surface area contributed by atoms with Gasteiger partial charge in [0.1, 0.15) is 18.2 Å². The molecule has 0 amide bonds. The highest BCUT2D eigenvalue weighted by atomic mass is 32.1. The fraction of sp³-hybridized carbons (Fsp3) is 0.688. The van der Waals surface area contributed by atoms with Crippen LogP contribution in [-0.4, -0.2) is 67.7 Å². The van der Waals surface area contributed by atoms with Gasteiger partial charge < -0.3 is 19.7 Å². The summed E-state index contributed by atoms with van der Waals surface area (Å²) in [6, 6.07) is 0. The van der Waals surface area contributed by atoms with Crippen molar-refractivity contribution >= 4 is 22.6 Å². The molecule has 10 heteroatoms. The lowest BCUT2D eigenvalue weighted by Gasteiger charge is -2.36. The molecule has 1 N–H and O–H groups in total. The van der Waals surface area contributed by atoms with Gasteiger partial charge in [-0.15, -0.1) is 10.2 Å². The highest BCUT2D eigenvalue weighted by Gasteiger charge is 2.22. The van der Waals surface area contributed by atoms with Crippen LogP contribution >= 0.6 is 11.5 Å². The van der Waals surface area contributed by atoms with Crippen LogP contribution in [0.25, 0.3) is 0 Å². The molecule has 9 nitrogen and oxygen atoms in total. The van der Waals surface area contributed by atoms with Crippen molar-refractivity contribution in [3.63, 3.8) is 0 Å². The lowest BCUT2D eigenvalue weighted by atomic mass is 10.3. The highest BCUT2D eigenvalue weighted by molar-refractivity contribution is 7.09. The van der Waals surface area contributed by atoms with Crippen LogP contribution < -0.4 is 10.2 Å². The minimum absolute atomic E-state index is 0.524. The van der Waals surface area contributed by atoms with Gasteiger partial charge in [-0.1, -0.05) is 6.92 Å². The van der Waals surface area contributed by atoms with Crippen LogP contribution in [0.5, 0.6) is 0 Å². The van der Waals surface area contributed by atoms with E-state index in [2.05, 4.69) is 48.5 Å². The molecule has 0 spiro atoms. The monoisotopic (exact) mass is 377 g/mol. The number of hydrogen-bond donors (Lipinski definition) is 1. The van der Waals surface area contributed by atoms with Gasteiger partial charge in [-0.05, 0) is 13.8 Å².